The second kappa shape index (κ2) is 7.27. The maximum absolute atomic E-state index is 5.85. The molecular weight excluding hydrogens is 238 g/mol. The average molecular weight is 258 g/mol. The quantitative estimate of drug-likeness (QED) is 0.786. The molecule has 17 heavy (non-hydrogen) atoms. The number of aromatic nitrogens is 3. The first-order valence-corrected chi connectivity index (χ1v) is 6.45. The van der Waals surface area contributed by atoms with Crippen molar-refractivity contribution in [3.63, 3.8) is 0 Å². The number of halogens is 1. The normalized spacial score (nSPS) is 12.2. The predicted molar refractivity (Wildman–Crippen MR) is 71.6 cm³/mol. The van der Waals surface area contributed by atoms with E-state index in [9.17, 15) is 0 Å². The molecule has 0 aliphatic heterocycles. The topological polar surface area (TPSA) is 62.7 Å². The fourth-order valence-electron chi connectivity index (χ4n) is 1.46. The van der Waals surface area contributed by atoms with Gasteiger partial charge in [-0.2, -0.15) is 15.0 Å². The predicted octanol–water partition coefficient (Wildman–Crippen LogP) is 2.95. The monoisotopic (exact) mass is 257 g/mol. The van der Waals surface area contributed by atoms with Crippen LogP contribution in [0.2, 0.25) is 5.28 Å². The van der Waals surface area contributed by atoms with Crippen LogP contribution < -0.4 is 10.6 Å². The summed E-state index contributed by atoms with van der Waals surface area (Å²) in [6.07, 6.45) is 3.20. The number of hydrogen-bond acceptors (Lipinski definition) is 5. The van der Waals surface area contributed by atoms with Crippen LogP contribution in [0.5, 0.6) is 0 Å². The van der Waals surface area contributed by atoms with E-state index in [1.54, 1.807) is 0 Å². The van der Waals surface area contributed by atoms with Gasteiger partial charge in [0, 0.05) is 12.6 Å². The largest absolute Gasteiger partial charge is 0.354 e. The Bertz CT molecular complexity index is 345. The number of rotatable bonds is 7. The van der Waals surface area contributed by atoms with Crippen LogP contribution >= 0.6 is 11.6 Å². The third-order valence-corrected chi connectivity index (χ3v) is 2.41. The van der Waals surface area contributed by atoms with E-state index in [0.717, 1.165) is 25.8 Å². The zero-order valence-electron chi connectivity index (χ0n) is 10.6. The van der Waals surface area contributed by atoms with Crippen molar-refractivity contribution in [1.29, 1.82) is 0 Å². The molecule has 1 unspecified atom stereocenters. The molecule has 1 heterocycles. The van der Waals surface area contributed by atoms with Gasteiger partial charge in [-0.3, -0.25) is 0 Å². The average Bonchev–Trinajstić information content (AvgIpc) is 2.25. The van der Waals surface area contributed by atoms with Gasteiger partial charge in [0.2, 0.25) is 17.2 Å². The Balaban J connectivity index is 2.67. The van der Waals surface area contributed by atoms with Crippen molar-refractivity contribution >= 4 is 23.5 Å². The maximum atomic E-state index is 5.85. The Morgan fingerprint density at radius 1 is 1.12 bits per heavy atom. The molecule has 96 valence electrons. The van der Waals surface area contributed by atoms with Crippen LogP contribution in [0, 0.1) is 0 Å². The van der Waals surface area contributed by atoms with E-state index in [1.807, 2.05) is 0 Å². The minimum Gasteiger partial charge on any atom is -0.354 e. The minimum absolute atomic E-state index is 0.213. The van der Waals surface area contributed by atoms with Gasteiger partial charge in [0.15, 0.2) is 0 Å². The summed E-state index contributed by atoms with van der Waals surface area (Å²) in [6, 6.07) is 0.331. The van der Waals surface area contributed by atoms with E-state index in [1.165, 1.54) is 0 Å². The Hall–Kier alpha value is -1.10. The molecule has 0 aliphatic carbocycles. The van der Waals surface area contributed by atoms with Crippen molar-refractivity contribution in [3.05, 3.63) is 5.28 Å². The number of nitrogens with zero attached hydrogens (tertiary/aromatic N) is 3. The molecule has 0 aromatic carbocycles. The maximum Gasteiger partial charge on any atom is 0.229 e. The Labute approximate surface area is 107 Å². The van der Waals surface area contributed by atoms with Crippen molar-refractivity contribution in [2.45, 2.75) is 46.1 Å². The molecule has 0 spiro atoms. The lowest BCUT2D eigenvalue weighted by Gasteiger charge is -2.13. The SMILES string of the molecule is CCCNc1nc(Cl)nc(NC(C)CCC)n1. The molecule has 0 saturated heterocycles. The molecule has 5 nitrogen and oxygen atoms in total. The van der Waals surface area contributed by atoms with Gasteiger partial charge < -0.3 is 10.6 Å². The lowest BCUT2D eigenvalue weighted by molar-refractivity contribution is 0.683. The van der Waals surface area contributed by atoms with Crippen molar-refractivity contribution in [1.82, 2.24) is 15.0 Å². The first-order chi connectivity index (χ1) is 8.15. The highest BCUT2D eigenvalue weighted by molar-refractivity contribution is 6.28. The molecular formula is C11H20ClN5. The number of nitrogens with one attached hydrogen (secondary N) is 2. The highest BCUT2D eigenvalue weighted by Crippen LogP contribution is 2.11. The zero-order chi connectivity index (χ0) is 12.7. The van der Waals surface area contributed by atoms with Crippen LogP contribution in [0.15, 0.2) is 0 Å². The number of hydrogen-bond donors (Lipinski definition) is 2. The second-order valence-electron chi connectivity index (χ2n) is 4.01. The summed E-state index contributed by atoms with van der Waals surface area (Å²) in [4.78, 5) is 12.3. The lowest BCUT2D eigenvalue weighted by Crippen LogP contribution is -2.18. The fraction of sp³-hybridized carbons (Fsp3) is 0.727. The summed E-state index contributed by atoms with van der Waals surface area (Å²) in [7, 11) is 0. The van der Waals surface area contributed by atoms with Crippen molar-refractivity contribution in [2.75, 3.05) is 17.2 Å². The molecule has 0 radical (unpaired) electrons. The molecule has 2 N–H and O–H groups in total. The Kier molecular flexibility index (Phi) is 5.97. The van der Waals surface area contributed by atoms with Crippen molar-refractivity contribution in [3.8, 4) is 0 Å². The van der Waals surface area contributed by atoms with Crippen LogP contribution in [-0.4, -0.2) is 27.5 Å². The van der Waals surface area contributed by atoms with Crippen molar-refractivity contribution in [2.24, 2.45) is 0 Å². The summed E-state index contributed by atoms with van der Waals surface area (Å²) < 4.78 is 0. The van der Waals surface area contributed by atoms with Gasteiger partial charge in [0.1, 0.15) is 0 Å². The third-order valence-electron chi connectivity index (χ3n) is 2.24. The van der Waals surface area contributed by atoms with Gasteiger partial charge in [-0.25, -0.2) is 0 Å². The molecule has 6 heteroatoms. The van der Waals surface area contributed by atoms with Gasteiger partial charge >= 0.3 is 0 Å². The van der Waals surface area contributed by atoms with E-state index in [-0.39, 0.29) is 5.28 Å². The molecule has 0 fully saturated rings. The van der Waals surface area contributed by atoms with Crippen LogP contribution in [0.3, 0.4) is 0 Å². The van der Waals surface area contributed by atoms with E-state index < -0.39 is 0 Å². The highest BCUT2D eigenvalue weighted by Gasteiger charge is 2.07. The van der Waals surface area contributed by atoms with Gasteiger partial charge in [0.05, 0.1) is 0 Å². The molecule has 1 aromatic heterocycles. The smallest absolute Gasteiger partial charge is 0.229 e. The lowest BCUT2D eigenvalue weighted by atomic mass is 10.2. The first kappa shape index (κ1) is 14.0. The van der Waals surface area contributed by atoms with Gasteiger partial charge in [-0.15, -0.1) is 0 Å². The second-order valence-corrected chi connectivity index (χ2v) is 4.35. The van der Waals surface area contributed by atoms with Crippen LogP contribution in [0.4, 0.5) is 11.9 Å². The summed E-state index contributed by atoms with van der Waals surface area (Å²) in [5, 5.41) is 6.52. The van der Waals surface area contributed by atoms with E-state index in [4.69, 9.17) is 11.6 Å². The molecule has 1 atom stereocenters. The van der Waals surface area contributed by atoms with Gasteiger partial charge in [0.25, 0.3) is 0 Å². The summed E-state index contributed by atoms with van der Waals surface area (Å²) in [5.74, 6) is 1.06. The Morgan fingerprint density at radius 2 is 1.82 bits per heavy atom. The molecule has 1 rings (SSSR count). The van der Waals surface area contributed by atoms with E-state index >= 15 is 0 Å². The van der Waals surface area contributed by atoms with Crippen molar-refractivity contribution < 1.29 is 0 Å². The fourth-order valence-corrected chi connectivity index (χ4v) is 1.62. The van der Waals surface area contributed by atoms with Gasteiger partial charge in [-0.1, -0.05) is 20.3 Å². The van der Waals surface area contributed by atoms with E-state index in [2.05, 4.69) is 46.4 Å². The Morgan fingerprint density at radius 3 is 2.47 bits per heavy atom. The van der Waals surface area contributed by atoms with Crippen LogP contribution in [-0.2, 0) is 0 Å². The molecule has 0 saturated carbocycles. The minimum atomic E-state index is 0.213. The molecule has 1 aromatic rings. The van der Waals surface area contributed by atoms with Crippen LogP contribution in [0.1, 0.15) is 40.0 Å². The third kappa shape index (κ3) is 5.17. The standard InChI is InChI=1S/C11H20ClN5/c1-4-6-8(3)14-11-16-9(12)15-10(17-11)13-7-5-2/h8H,4-7H2,1-3H3,(H2,13,14,15,16,17). The highest BCUT2D eigenvalue weighted by atomic mass is 35.5. The summed E-state index contributed by atoms with van der Waals surface area (Å²) in [6.45, 7) is 7.15. The molecule has 0 bridgehead atoms. The summed E-state index contributed by atoms with van der Waals surface area (Å²) in [5.41, 5.74) is 0. The molecule has 0 amide bonds. The van der Waals surface area contributed by atoms with E-state index in [0.29, 0.717) is 17.9 Å². The van der Waals surface area contributed by atoms with Gasteiger partial charge in [-0.05, 0) is 31.4 Å². The van der Waals surface area contributed by atoms with Crippen LogP contribution in [0.25, 0.3) is 0 Å². The zero-order valence-corrected chi connectivity index (χ0v) is 11.4. The first-order valence-electron chi connectivity index (χ1n) is 6.07. The number of anilines is 2. The summed E-state index contributed by atoms with van der Waals surface area (Å²) >= 11 is 5.85. The molecule has 0 aliphatic rings.